The van der Waals surface area contributed by atoms with Crippen molar-refractivity contribution in [2.45, 2.75) is 70.4 Å². The predicted octanol–water partition coefficient (Wildman–Crippen LogP) is 4.09. The Kier molecular flexibility index (Phi) is 5.55. The van der Waals surface area contributed by atoms with Crippen LogP contribution >= 0.6 is 11.8 Å². The van der Waals surface area contributed by atoms with E-state index in [0.29, 0.717) is 0 Å². The van der Waals surface area contributed by atoms with E-state index in [9.17, 15) is 0 Å². The third-order valence-electron chi connectivity index (χ3n) is 6.27. The van der Waals surface area contributed by atoms with Crippen LogP contribution < -0.4 is 5.32 Å². The molecule has 2 aliphatic heterocycles. The minimum absolute atomic E-state index is 0.240. The van der Waals surface area contributed by atoms with E-state index in [2.05, 4.69) is 30.9 Å². The summed E-state index contributed by atoms with van der Waals surface area (Å²) in [7, 11) is 0. The monoisotopic (exact) mass is 311 g/mol. The van der Waals surface area contributed by atoms with Gasteiger partial charge in [0.15, 0.2) is 0 Å². The minimum atomic E-state index is 0.240. The van der Waals surface area contributed by atoms with Crippen molar-refractivity contribution in [2.24, 2.45) is 17.8 Å². The van der Waals surface area contributed by atoms with E-state index in [-0.39, 0.29) is 5.60 Å². The van der Waals surface area contributed by atoms with E-state index in [1.54, 1.807) is 0 Å². The molecular weight excluding hydrogens is 278 g/mol. The summed E-state index contributed by atoms with van der Waals surface area (Å²) in [6, 6.07) is 0.739. The maximum Gasteiger partial charge on any atom is 0.0701 e. The molecule has 1 saturated carbocycles. The molecule has 2 saturated heterocycles. The van der Waals surface area contributed by atoms with Crippen LogP contribution in [0.1, 0.15) is 58.8 Å². The normalized spacial score (nSPS) is 37.7. The number of ether oxygens (including phenoxy) is 1. The number of thioether (sulfide) groups is 1. The highest BCUT2D eigenvalue weighted by Gasteiger charge is 2.43. The first kappa shape index (κ1) is 16.1. The van der Waals surface area contributed by atoms with Gasteiger partial charge in [-0.3, -0.25) is 0 Å². The highest BCUT2D eigenvalue weighted by atomic mass is 32.2. The Bertz CT molecular complexity index is 324. The van der Waals surface area contributed by atoms with Crippen molar-refractivity contribution in [3.63, 3.8) is 0 Å². The second kappa shape index (κ2) is 7.23. The van der Waals surface area contributed by atoms with Crippen LogP contribution in [0.3, 0.4) is 0 Å². The lowest BCUT2D eigenvalue weighted by molar-refractivity contribution is -0.110. The molecule has 0 aromatic heterocycles. The van der Waals surface area contributed by atoms with E-state index < -0.39 is 0 Å². The molecule has 0 bridgehead atoms. The van der Waals surface area contributed by atoms with Crippen LogP contribution in [0.2, 0.25) is 0 Å². The van der Waals surface area contributed by atoms with Gasteiger partial charge in [-0.2, -0.15) is 11.8 Å². The first-order valence-electron chi connectivity index (χ1n) is 9.19. The third-order valence-corrected chi connectivity index (χ3v) is 7.26. The Morgan fingerprint density at radius 2 is 2.05 bits per heavy atom. The van der Waals surface area contributed by atoms with Gasteiger partial charge in [0.25, 0.3) is 0 Å². The molecule has 3 heteroatoms. The zero-order chi connectivity index (χ0) is 14.7. The van der Waals surface area contributed by atoms with Gasteiger partial charge in [-0.05, 0) is 67.9 Å². The van der Waals surface area contributed by atoms with E-state index in [0.717, 1.165) is 36.9 Å². The van der Waals surface area contributed by atoms with Gasteiger partial charge in [0.1, 0.15) is 0 Å². The second-order valence-corrected chi connectivity index (χ2v) is 8.78. The standard InChI is InChI=1S/C18H33NOS/c1-3-19-17(16-6-4-5-14(16)2)15-7-10-20-18(13-15)8-11-21-12-9-18/h14-17,19H,3-13H2,1-2H3. The van der Waals surface area contributed by atoms with Gasteiger partial charge in [0, 0.05) is 12.6 Å². The van der Waals surface area contributed by atoms with Gasteiger partial charge >= 0.3 is 0 Å². The molecule has 2 nitrogen and oxygen atoms in total. The van der Waals surface area contributed by atoms with Crippen LogP contribution in [0, 0.1) is 17.8 Å². The summed E-state index contributed by atoms with van der Waals surface area (Å²) < 4.78 is 6.31. The maximum atomic E-state index is 6.31. The summed E-state index contributed by atoms with van der Waals surface area (Å²) in [6.45, 7) is 6.87. The number of hydrogen-bond donors (Lipinski definition) is 1. The van der Waals surface area contributed by atoms with Gasteiger partial charge in [-0.15, -0.1) is 0 Å². The Morgan fingerprint density at radius 3 is 2.71 bits per heavy atom. The predicted molar refractivity (Wildman–Crippen MR) is 91.9 cm³/mol. The average Bonchev–Trinajstić information content (AvgIpc) is 2.91. The first-order chi connectivity index (χ1) is 10.2. The first-order valence-corrected chi connectivity index (χ1v) is 10.3. The lowest BCUT2D eigenvalue weighted by Crippen LogP contribution is -2.51. The summed E-state index contributed by atoms with van der Waals surface area (Å²) in [6.07, 6.45) is 9.49. The van der Waals surface area contributed by atoms with Crippen LogP contribution in [0.5, 0.6) is 0 Å². The summed E-state index contributed by atoms with van der Waals surface area (Å²) >= 11 is 2.11. The molecular formula is C18H33NOS. The molecule has 1 aliphatic carbocycles. The lowest BCUT2D eigenvalue weighted by Gasteiger charge is -2.47. The quantitative estimate of drug-likeness (QED) is 0.845. The molecule has 122 valence electrons. The van der Waals surface area contributed by atoms with Crippen molar-refractivity contribution in [2.75, 3.05) is 24.7 Å². The fraction of sp³-hybridized carbons (Fsp3) is 1.00. The molecule has 1 spiro atoms. The molecule has 3 aliphatic rings. The minimum Gasteiger partial charge on any atom is -0.375 e. The molecule has 3 rings (SSSR count). The van der Waals surface area contributed by atoms with Crippen molar-refractivity contribution < 1.29 is 4.74 Å². The van der Waals surface area contributed by atoms with Gasteiger partial charge in [-0.25, -0.2) is 0 Å². The summed E-state index contributed by atoms with van der Waals surface area (Å²) in [5, 5.41) is 3.89. The van der Waals surface area contributed by atoms with Gasteiger partial charge in [0.2, 0.25) is 0 Å². The molecule has 1 N–H and O–H groups in total. The highest BCUT2D eigenvalue weighted by Crippen LogP contribution is 2.44. The molecule has 0 radical (unpaired) electrons. The molecule has 0 amide bonds. The van der Waals surface area contributed by atoms with Gasteiger partial charge < -0.3 is 10.1 Å². The molecule has 3 fully saturated rings. The third kappa shape index (κ3) is 3.61. The van der Waals surface area contributed by atoms with E-state index in [1.807, 2.05) is 0 Å². The zero-order valence-corrected chi connectivity index (χ0v) is 14.7. The van der Waals surface area contributed by atoms with Gasteiger partial charge in [-0.1, -0.05) is 26.7 Å². The molecule has 0 aromatic rings. The SMILES string of the molecule is CCNC(C1CCOC2(CCSCC2)C1)C1CCCC1C. The molecule has 21 heavy (non-hydrogen) atoms. The van der Waals surface area contributed by atoms with Crippen molar-refractivity contribution in [1.29, 1.82) is 0 Å². The van der Waals surface area contributed by atoms with Crippen LogP contribution in [0.4, 0.5) is 0 Å². The number of rotatable bonds is 4. The van der Waals surface area contributed by atoms with Crippen LogP contribution in [0.25, 0.3) is 0 Å². The van der Waals surface area contributed by atoms with E-state index in [4.69, 9.17) is 4.74 Å². The average molecular weight is 312 g/mol. The van der Waals surface area contributed by atoms with Gasteiger partial charge in [0.05, 0.1) is 5.60 Å². The fourth-order valence-electron chi connectivity index (χ4n) is 5.07. The van der Waals surface area contributed by atoms with Crippen molar-refractivity contribution >= 4 is 11.8 Å². The Balaban J connectivity index is 1.69. The fourth-order valence-corrected chi connectivity index (χ4v) is 6.31. The molecule has 4 unspecified atom stereocenters. The second-order valence-electron chi connectivity index (χ2n) is 7.55. The Hall–Kier alpha value is 0.270. The van der Waals surface area contributed by atoms with Crippen LogP contribution in [-0.4, -0.2) is 36.3 Å². The summed E-state index contributed by atoms with van der Waals surface area (Å²) in [5.41, 5.74) is 0.240. The molecule has 0 aromatic carbocycles. The van der Waals surface area contributed by atoms with Crippen molar-refractivity contribution in [1.82, 2.24) is 5.32 Å². The van der Waals surface area contributed by atoms with Crippen LogP contribution in [-0.2, 0) is 4.74 Å². The number of nitrogens with one attached hydrogen (secondary N) is 1. The molecule has 2 heterocycles. The zero-order valence-electron chi connectivity index (χ0n) is 13.9. The number of hydrogen-bond acceptors (Lipinski definition) is 3. The Morgan fingerprint density at radius 1 is 1.24 bits per heavy atom. The topological polar surface area (TPSA) is 21.3 Å². The highest BCUT2D eigenvalue weighted by molar-refractivity contribution is 7.99. The lowest BCUT2D eigenvalue weighted by atomic mass is 9.73. The van der Waals surface area contributed by atoms with Crippen LogP contribution in [0.15, 0.2) is 0 Å². The Labute approximate surface area is 135 Å². The molecule has 4 atom stereocenters. The smallest absolute Gasteiger partial charge is 0.0701 e. The summed E-state index contributed by atoms with van der Waals surface area (Å²) in [5.74, 6) is 5.27. The van der Waals surface area contributed by atoms with E-state index >= 15 is 0 Å². The largest absolute Gasteiger partial charge is 0.375 e. The van der Waals surface area contributed by atoms with Crippen molar-refractivity contribution in [3.8, 4) is 0 Å². The summed E-state index contributed by atoms with van der Waals surface area (Å²) in [4.78, 5) is 0. The van der Waals surface area contributed by atoms with Crippen molar-refractivity contribution in [3.05, 3.63) is 0 Å². The maximum absolute atomic E-state index is 6.31. The van der Waals surface area contributed by atoms with E-state index in [1.165, 1.54) is 56.5 Å².